The van der Waals surface area contributed by atoms with Crippen LogP contribution in [-0.2, 0) is 23.9 Å². The van der Waals surface area contributed by atoms with Crippen LogP contribution in [0, 0.1) is 6.92 Å². The number of carbonyl (C=O) groups is 1. The number of oxime groups is 1. The maximum atomic E-state index is 11.9. The summed E-state index contributed by atoms with van der Waals surface area (Å²) in [5, 5.41) is 3.83. The molecule has 0 aliphatic heterocycles. The van der Waals surface area contributed by atoms with Crippen LogP contribution in [-0.4, -0.2) is 31.8 Å². The van der Waals surface area contributed by atoms with Gasteiger partial charge in [-0.2, -0.15) is 8.42 Å². The highest BCUT2D eigenvalue weighted by molar-refractivity contribution is 8.14. The lowest BCUT2D eigenvalue weighted by Crippen LogP contribution is -2.08. The van der Waals surface area contributed by atoms with Crippen molar-refractivity contribution in [3.05, 3.63) is 29.8 Å². The zero-order valence-electron chi connectivity index (χ0n) is 12.0. The number of aryl methyl sites for hydroxylation is 1. The van der Waals surface area contributed by atoms with Crippen molar-refractivity contribution in [2.75, 3.05) is 12.4 Å². The van der Waals surface area contributed by atoms with Gasteiger partial charge in [0.25, 0.3) is 0 Å². The van der Waals surface area contributed by atoms with Gasteiger partial charge in [-0.1, -0.05) is 34.6 Å². The van der Waals surface area contributed by atoms with E-state index in [1.165, 1.54) is 12.1 Å². The van der Waals surface area contributed by atoms with E-state index in [4.69, 9.17) is 4.74 Å². The number of rotatable bonds is 6. The van der Waals surface area contributed by atoms with E-state index in [1.54, 1.807) is 26.0 Å². The van der Waals surface area contributed by atoms with Crippen LogP contribution in [0.15, 0.2) is 34.3 Å². The molecular weight excluding hydrogens is 314 g/mol. The summed E-state index contributed by atoms with van der Waals surface area (Å²) in [4.78, 5) is 11.2. The van der Waals surface area contributed by atoms with Crippen molar-refractivity contribution in [3.8, 4) is 0 Å². The Morgan fingerprint density at radius 3 is 2.48 bits per heavy atom. The number of benzene rings is 1. The van der Waals surface area contributed by atoms with E-state index in [-0.39, 0.29) is 10.6 Å². The third-order valence-corrected chi connectivity index (χ3v) is 4.27. The number of carbonyl (C=O) groups excluding carboxylic acids is 1. The van der Waals surface area contributed by atoms with Crippen LogP contribution in [0.25, 0.3) is 0 Å². The first-order valence-electron chi connectivity index (χ1n) is 6.18. The van der Waals surface area contributed by atoms with E-state index in [1.807, 2.05) is 6.92 Å². The van der Waals surface area contributed by atoms with Crippen molar-refractivity contribution in [2.24, 2.45) is 5.16 Å². The van der Waals surface area contributed by atoms with Gasteiger partial charge in [-0.15, -0.1) is 0 Å². The quantitative estimate of drug-likeness (QED) is 0.344. The van der Waals surface area contributed by atoms with Crippen molar-refractivity contribution in [2.45, 2.75) is 25.7 Å². The summed E-state index contributed by atoms with van der Waals surface area (Å²) in [7, 11) is -3.94. The number of hydrogen-bond donors (Lipinski definition) is 0. The highest BCUT2D eigenvalue weighted by Gasteiger charge is 2.15. The Labute approximate surface area is 128 Å². The molecule has 0 amide bonds. The summed E-state index contributed by atoms with van der Waals surface area (Å²) in [5.41, 5.74) is 0.943. The monoisotopic (exact) mass is 331 g/mol. The van der Waals surface area contributed by atoms with Crippen LogP contribution >= 0.6 is 11.8 Å². The molecule has 0 unspecified atom stereocenters. The van der Waals surface area contributed by atoms with Gasteiger partial charge in [0.15, 0.2) is 0 Å². The van der Waals surface area contributed by atoms with E-state index in [9.17, 15) is 13.2 Å². The summed E-state index contributed by atoms with van der Waals surface area (Å²) >= 11 is 1.05. The molecule has 0 fully saturated rings. The molecule has 0 heterocycles. The first-order chi connectivity index (χ1) is 9.85. The summed E-state index contributed by atoms with van der Waals surface area (Å²) in [6.07, 6.45) is 0. The Bertz CT molecular complexity index is 608. The molecule has 0 spiro atoms. The molecule has 0 N–H and O–H groups in total. The number of thioether (sulfide) groups is 1. The normalized spacial score (nSPS) is 12.0. The number of ether oxygens (including phenoxy) is 1. The van der Waals surface area contributed by atoms with Crippen molar-refractivity contribution < 1.29 is 22.2 Å². The first kappa shape index (κ1) is 17.5. The van der Waals surface area contributed by atoms with Gasteiger partial charge in [-0.3, -0.25) is 9.08 Å². The molecule has 0 saturated heterocycles. The van der Waals surface area contributed by atoms with E-state index in [0.717, 1.165) is 17.3 Å². The third-order valence-electron chi connectivity index (χ3n) is 2.28. The minimum Gasteiger partial charge on any atom is -0.465 e. The molecule has 0 aromatic heterocycles. The average Bonchev–Trinajstić information content (AvgIpc) is 2.44. The molecule has 8 heteroatoms. The van der Waals surface area contributed by atoms with Crippen molar-refractivity contribution >= 4 is 32.9 Å². The lowest BCUT2D eigenvalue weighted by Gasteiger charge is -2.03. The molecule has 21 heavy (non-hydrogen) atoms. The fourth-order valence-corrected chi connectivity index (χ4v) is 2.55. The lowest BCUT2D eigenvalue weighted by molar-refractivity contribution is -0.139. The zero-order valence-corrected chi connectivity index (χ0v) is 13.7. The highest BCUT2D eigenvalue weighted by Crippen LogP contribution is 2.14. The molecule has 0 saturated carbocycles. The second kappa shape index (κ2) is 8.04. The van der Waals surface area contributed by atoms with Gasteiger partial charge in [-0.25, -0.2) is 0 Å². The average molecular weight is 331 g/mol. The lowest BCUT2D eigenvalue weighted by atomic mass is 10.2. The Hall–Kier alpha value is -1.54. The first-order valence-corrected chi connectivity index (χ1v) is 8.58. The fourth-order valence-electron chi connectivity index (χ4n) is 1.24. The van der Waals surface area contributed by atoms with Gasteiger partial charge in [0.1, 0.15) is 9.94 Å². The number of nitrogens with zero attached hydrogens (tertiary/aromatic N) is 1. The second-order valence-electron chi connectivity index (χ2n) is 4.05. The van der Waals surface area contributed by atoms with Crippen LogP contribution in [0.5, 0.6) is 0 Å². The van der Waals surface area contributed by atoms with Crippen LogP contribution in [0.1, 0.15) is 19.4 Å². The molecule has 1 aromatic carbocycles. The van der Waals surface area contributed by atoms with E-state index >= 15 is 0 Å². The van der Waals surface area contributed by atoms with Crippen LogP contribution < -0.4 is 0 Å². The van der Waals surface area contributed by atoms with Gasteiger partial charge in [-0.05, 0) is 32.9 Å². The smallest absolute Gasteiger partial charge is 0.358 e. The highest BCUT2D eigenvalue weighted by atomic mass is 32.2. The molecule has 0 atom stereocenters. The largest absolute Gasteiger partial charge is 0.465 e. The van der Waals surface area contributed by atoms with Crippen molar-refractivity contribution in [3.63, 3.8) is 0 Å². The van der Waals surface area contributed by atoms with Gasteiger partial charge < -0.3 is 4.74 Å². The summed E-state index contributed by atoms with van der Waals surface area (Å²) < 4.78 is 33.1. The Kier molecular flexibility index (Phi) is 6.70. The fraction of sp³-hybridized carbons (Fsp3) is 0.385. The van der Waals surface area contributed by atoms with Crippen LogP contribution in [0.3, 0.4) is 0 Å². The second-order valence-corrected chi connectivity index (χ2v) is 6.74. The summed E-state index contributed by atoms with van der Waals surface area (Å²) in [6.45, 7) is 5.41. The summed E-state index contributed by atoms with van der Waals surface area (Å²) in [6, 6.07) is 6.23. The number of hydrogen-bond acceptors (Lipinski definition) is 7. The molecule has 6 nitrogen and oxygen atoms in total. The number of esters is 1. The van der Waals surface area contributed by atoms with E-state index in [2.05, 4.69) is 9.44 Å². The zero-order chi connectivity index (χ0) is 15.9. The predicted octanol–water partition coefficient (Wildman–Crippen LogP) is 2.33. The maximum Gasteiger partial charge on any atom is 0.358 e. The molecule has 0 bridgehead atoms. The molecular formula is C13H17NO5S2. The van der Waals surface area contributed by atoms with Crippen LogP contribution in [0.2, 0.25) is 0 Å². The van der Waals surface area contributed by atoms with Gasteiger partial charge in [0.05, 0.1) is 12.4 Å². The van der Waals surface area contributed by atoms with E-state index in [0.29, 0.717) is 11.7 Å². The minimum absolute atomic E-state index is 0.0278. The SMILES string of the molecule is CCOC(=O)CSC(C)=NOS(=O)(=O)c1ccc(C)cc1. The molecule has 0 aliphatic carbocycles. The standard InChI is InChI=1S/C13H17NO5S2/c1-4-18-13(15)9-20-11(3)14-19-21(16,17)12-7-5-10(2)6-8-12/h5-8H,4,9H2,1-3H3. The van der Waals surface area contributed by atoms with E-state index < -0.39 is 16.1 Å². The van der Waals surface area contributed by atoms with Gasteiger partial charge in [0.2, 0.25) is 0 Å². The van der Waals surface area contributed by atoms with Crippen LogP contribution in [0.4, 0.5) is 0 Å². The molecule has 0 radical (unpaired) electrons. The Morgan fingerprint density at radius 2 is 1.90 bits per heavy atom. The van der Waals surface area contributed by atoms with Gasteiger partial charge in [0, 0.05) is 0 Å². The Morgan fingerprint density at radius 1 is 1.29 bits per heavy atom. The molecule has 116 valence electrons. The van der Waals surface area contributed by atoms with Gasteiger partial charge >= 0.3 is 16.1 Å². The minimum atomic E-state index is -3.94. The maximum absolute atomic E-state index is 11.9. The predicted molar refractivity (Wildman–Crippen MR) is 81.6 cm³/mol. The topological polar surface area (TPSA) is 82.0 Å². The third kappa shape index (κ3) is 6.17. The summed E-state index contributed by atoms with van der Waals surface area (Å²) in [5.74, 6) is -0.338. The van der Waals surface area contributed by atoms with Crippen molar-refractivity contribution in [1.82, 2.24) is 0 Å². The molecule has 1 aromatic rings. The van der Waals surface area contributed by atoms with Crippen molar-refractivity contribution in [1.29, 1.82) is 0 Å². The Balaban J connectivity index is 2.61. The molecule has 0 aliphatic rings. The molecule has 1 rings (SSSR count).